The number of aromatic nitrogens is 3. The second kappa shape index (κ2) is 6.12. The van der Waals surface area contributed by atoms with E-state index in [1.807, 2.05) is 23.7 Å². The van der Waals surface area contributed by atoms with E-state index in [2.05, 4.69) is 19.9 Å². The van der Waals surface area contributed by atoms with Gasteiger partial charge in [0.2, 0.25) is 0 Å². The molecule has 104 valence electrons. The summed E-state index contributed by atoms with van der Waals surface area (Å²) in [6.07, 6.45) is 1.64. The molecule has 0 amide bonds. The van der Waals surface area contributed by atoms with Crippen molar-refractivity contribution in [2.75, 3.05) is 5.88 Å². The molecule has 0 aliphatic carbocycles. The molecule has 0 N–H and O–H groups in total. The lowest BCUT2D eigenvalue weighted by Gasteiger charge is -2.07. The molecule has 0 saturated carbocycles. The molecule has 2 heterocycles. The molecule has 3 rings (SSSR count). The van der Waals surface area contributed by atoms with Gasteiger partial charge in [0.1, 0.15) is 5.82 Å². The zero-order valence-electron chi connectivity index (χ0n) is 10.7. The number of halogens is 2. The highest BCUT2D eigenvalue weighted by atomic mass is 35.5. The monoisotopic (exact) mass is 325 g/mol. The van der Waals surface area contributed by atoms with Crippen molar-refractivity contribution in [1.82, 2.24) is 14.5 Å². The summed E-state index contributed by atoms with van der Waals surface area (Å²) in [6.45, 7) is 0.840. The number of fused-ring (bicyclic) bond motifs is 1. The highest BCUT2D eigenvalue weighted by Gasteiger charge is 2.11. The largest absolute Gasteiger partial charge is 0.328 e. The molecule has 0 spiro atoms. The first kappa shape index (κ1) is 13.9. The number of imidazole rings is 1. The van der Waals surface area contributed by atoms with Crippen LogP contribution in [0.1, 0.15) is 11.5 Å². The minimum atomic E-state index is 0.563. The minimum absolute atomic E-state index is 0.563. The molecule has 3 aromatic rings. The van der Waals surface area contributed by atoms with E-state index in [0.29, 0.717) is 5.88 Å². The Bertz CT molecular complexity index is 707. The van der Waals surface area contributed by atoms with Crippen LogP contribution in [-0.4, -0.2) is 20.4 Å². The summed E-state index contributed by atoms with van der Waals surface area (Å²) in [4.78, 5) is 8.97. The molecular weight excluding hydrogens is 313 g/mol. The van der Waals surface area contributed by atoms with Crippen molar-refractivity contribution in [3.8, 4) is 0 Å². The summed E-state index contributed by atoms with van der Waals surface area (Å²) in [7, 11) is 0. The van der Waals surface area contributed by atoms with Crippen molar-refractivity contribution in [1.29, 1.82) is 0 Å². The van der Waals surface area contributed by atoms with Crippen LogP contribution in [0.15, 0.2) is 29.1 Å². The number of nitrogens with zero attached hydrogens (tertiary/aromatic N) is 3. The quantitative estimate of drug-likeness (QED) is 0.659. The van der Waals surface area contributed by atoms with E-state index in [4.69, 9.17) is 23.2 Å². The molecule has 0 saturated heterocycles. The van der Waals surface area contributed by atoms with Crippen LogP contribution in [-0.2, 0) is 19.4 Å². The Labute approximate surface area is 131 Å². The van der Waals surface area contributed by atoms with Crippen LogP contribution < -0.4 is 0 Å². The Kier molecular flexibility index (Phi) is 4.24. The molecular formula is C14H13Cl2N3S. The van der Waals surface area contributed by atoms with Crippen LogP contribution in [0.25, 0.3) is 11.0 Å². The summed E-state index contributed by atoms with van der Waals surface area (Å²) in [5.41, 5.74) is 4.99. The first-order chi connectivity index (χ1) is 9.78. The molecule has 0 radical (unpaired) electrons. The van der Waals surface area contributed by atoms with Crippen molar-refractivity contribution in [3.63, 3.8) is 0 Å². The van der Waals surface area contributed by atoms with Crippen molar-refractivity contribution < 1.29 is 0 Å². The van der Waals surface area contributed by atoms with Gasteiger partial charge in [0.25, 0.3) is 0 Å². The molecule has 0 fully saturated rings. The third-order valence-corrected chi connectivity index (χ3v) is 4.24. The fourth-order valence-electron chi connectivity index (χ4n) is 2.26. The average Bonchev–Trinajstić information content (AvgIpc) is 3.04. The zero-order chi connectivity index (χ0) is 13.9. The molecule has 3 nitrogen and oxygen atoms in total. The van der Waals surface area contributed by atoms with Gasteiger partial charge in [-0.05, 0) is 18.2 Å². The van der Waals surface area contributed by atoms with E-state index in [9.17, 15) is 0 Å². The standard InChI is InChI=1S/C14H13Cl2N3S/c15-5-3-14-18-12-2-1-10(16)7-13(12)19(14)6-4-11-8-20-9-17-11/h1-2,7-9H,3-6H2. The summed E-state index contributed by atoms with van der Waals surface area (Å²) in [5.74, 6) is 1.57. The van der Waals surface area contributed by atoms with E-state index >= 15 is 0 Å². The average molecular weight is 326 g/mol. The smallest absolute Gasteiger partial charge is 0.111 e. The second-order valence-electron chi connectivity index (χ2n) is 4.48. The Morgan fingerprint density at radius 2 is 2.15 bits per heavy atom. The summed E-state index contributed by atoms with van der Waals surface area (Å²) < 4.78 is 2.20. The lowest BCUT2D eigenvalue weighted by molar-refractivity contribution is 0.668. The third-order valence-electron chi connectivity index (χ3n) is 3.18. The van der Waals surface area contributed by atoms with E-state index in [1.165, 1.54) is 0 Å². The summed E-state index contributed by atoms with van der Waals surface area (Å²) in [6, 6.07) is 5.78. The fourth-order valence-corrected chi connectivity index (χ4v) is 3.19. The van der Waals surface area contributed by atoms with Crippen LogP contribution in [0.2, 0.25) is 5.02 Å². The molecule has 1 aromatic carbocycles. The minimum Gasteiger partial charge on any atom is -0.328 e. The van der Waals surface area contributed by atoms with Crippen LogP contribution >= 0.6 is 34.5 Å². The number of alkyl halides is 1. The van der Waals surface area contributed by atoms with Crippen LogP contribution in [0, 0.1) is 0 Å². The van der Waals surface area contributed by atoms with Gasteiger partial charge in [0.15, 0.2) is 0 Å². The zero-order valence-corrected chi connectivity index (χ0v) is 13.0. The first-order valence-electron chi connectivity index (χ1n) is 6.35. The van der Waals surface area contributed by atoms with Gasteiger partial charge in [-0.1, -0.05) is 11.6 Å². The van der Waals surface area contributed by atoms with Crippen LogP contribution in [0.4, 0.5) is 0 Å². The van der Waals surface area contributed by atoms with E-state index in [-0.39, 0.29) is 0 Å². The maximum absolute atomic E-state index is 6.10. The number of benzene rings is 1. The molecule has 6 heteroatoms. The summed E-state index contributed by atoms with van der Waals surface area (Å²) >= 11 is 13.6. The van der Waals surface area contributed by atoms with Gasteiger partial charge >= 0.3 is 0 Å². The normalized spacial score (nSPS) is 11.3. The summed E-state index contributed by atoms with van der Waals surface area (Å²) in [5, 5.41) is 2.80. The third kappa shape index (κ3) is 2.82. The SMILES string of the molecule is ClCCc1nc2ccc(Cl)cc2n1CCc1cscn1. The molecule has 20 heavy (non-hydrogen) atoms. The highest BCUT2D eigenvalue weighted by Crippen LogP contribution is 2.22. The predicted molar refractivity (Wildman–Crippen MR) is 85.0 cm³/mol. The molecule has 0 aliphatic rings. The second-order valence-corrected chi connectivity index (χ2v) is 6.01. The highest BCUT2D eigenvalue weighted by molar-refractivity contribution is 7.07. The van der Waals surface area contributed by atoms with Crippen molar-refractivity contribution in [2.45, 2.75) is 19.4 Å². The molecule has 2 aromatic heterocycles. The van der Waals surface area contributed by atoms with Crippen LogP contribution in [0.3, 0.4) is 0 Å². The molecule has 0 unspecified atom stereocenters. The predicted octanol–water partition coefficient (Wildman–Crippen LogP) is 4.17. The Morgan fingerprint density at radius 3 is 2.90 bits per heavy atom. The van der Waals surface area contributed by atoms with Gasteiger partial charge in [-0.2, -0.15) is 0 Å². The lowest BCUT2D eigenvalue weighted by atomic mass is 10.3. The van der Waals surface area contributed by atoms with Crippen molar-refractivity contribution in [3.05, 3.63) is 45.6 Å². The molecule has 0 bridgehead atoms. The Morgan fingerprint density at radius 1 is 1.25 bits per heavy atom. The van der Waals surface area contributed by atoms with Gasteiger partial charge in [-0.3, -0.25) is 0 Å². The van der Waals surface area contributed by atoms with E-state index < -0.39 is 0 Å². The maximum Gasteiger partial charge on any atom is 0.111 e. The fraction of sp³-hybridized carbons (Fsp3) is 0.286. The van der Waals surface area contributed by atoms with Gasteiger partial charge in [-0.25, -0.2) is 9.97 Å². The number of hydrogen-bond acceptors (Lipinski definition) is 3. The van der Waals surface area contributed by atoms with Crippen LogP contribution in [0.5, 0.6) is 0 Å². The number of aryl methyl sites for hydroxylation is 3. The Hall–Kier alpha value is -1.10. The molecule has 0 aliphatic heterocycles. The van der Waals surface area contributed by atoms with E-state index in [1.54, 1.807) is 11.3 Å². The van der Waals surface area contributed by atoms with Gasteiger partial charge in [0, 0.05) is 35.7 Å². The lowest BCUT2D eigenvalue weighted by Crippen LogP contribution is -2.07. The topological polar surface area (TPSA) is 30.7 Å². The van der Waals surface area contributed by atoms with Crippen molar-refractivity contribution >= 4 is 45.6 Å². The Balaban J connectivity index is 1.96. The number of hydrogen-bond donors (Lipinski definition) is 0. The van der Waals surface area contributed by atoms with Gasteiger partial charge in [-0.15, -0.1) is 22.9 Å². The van der Waals surface area contributed by atoms with Gasteiger partial charge < -0.3 is 4.57 Å². The van der Waals surface area contributed by atoms with E-state index in [0.717, 1.165) is 47.0 Å². The number of rotatable bonds is 5. The van der Waals surface area contributed by atoms with Crippen molar-refractivity contribution in [2.24, 2.45) is 0 Å². The van der Waals surface area contributed by atoms with Gasteiger partial charge in [0.05, 0.1) is 22.2 Å². The molecule has 0 atom stereocenters. The maximum atomic E-state index is 6.10. The number of thiazole rings is 1. The first-order valence-corrected chi connectivity index (χ1v) is 8.21.